The Labute approximate surface area is 130 Å². The summed E-state index contributed by atoms with van der Waals surface area (Å²) >= 11 is 6.30. The Morgan fingerprint density at radius 2 is 1.90 bits per heavy atom. The van der Waals surface area contributed by atoms with Gasteiger partial charge in [0.2, 0.25) is 0 Å². The van der Waals surface area contributed by atoms with Crippen molar-refractivity contribution in [2.75, 3.05) is 13.1 Å². The van der Waals surface area contributed by atoms with Gasteiger partial charge in [0, 0.05) is 5.02 Å². The molecule has 1 N–H and O–H groups in total. The summed E-state index contributed by atoms with van der Waals surface area (Å²) in [5.74, 6) is 0.667. The van der Waals surface area contributed by atoms with E-state index in [9.17, 15) is 0 Å². The molecular formula is C18H30ClN. The van der Waals surface area contributed by atoms with Gasteiger partial charge < -0.3 is 5.32 Å². The van der Waals surface area contributed by atoms with Crippen LogP contribution in [0.25, 0.3) is 0 Å². The Hall–Kier alpha value is -0.530. The molecule has 0 spiro atoms. The molecule has 0 saturated carbocycles. The van der Waals surface area contributed by atoms with Gasteiger partial charge in [0.1, 0.15) is 0 Å². The zero-order valence-corrected chi connectivity index (χ0v) is 14.3. The van der Waals surface area contributed by atoms with E-state index in [2.05, 4.69) is 45.1 Å². The smallest absolute Gasteiger partial charge is 0.0438 e. The zero-order valence-electron chi connectivity index (χ0n) is 13.5. The first-order chi connectivity index (χ1) is 9.42. The summed E-state index contributed by atoms with van der Waals surface area (Å²) in [6.07, 6.45) is 4.78. The highest BCUT2D eigenvalue weighted by molar-refractivity contribution is 6.31. The summed E-state index contributed by atoms with van der Waals surface area (Å²) in [5, 5.41) is 4.47. The monoisotopic (exact) mass is 295 g/mol. The van der Waals surface area contributed by atoms with E-state index in [1.54, 1.807) is 0 Å². The number of nitrogens with one attached hydrogen (secondary N) is 1. The summed E-state index contributed by atoms with van der Waals surface area (Å²) < 4.78 is 0. The SMILES string of the molecule is CCCNCC(CCC(C)(C)C)Cc1ccccc1Cl. The van der Waals surface area contributed by atoms with Crippen molar-refractivity contribution >= 4 is 11.6 Å². The van der Waals surface area contributed by atoms with Crippen LogP contribution in [-0.4, -0.2) is 13.1 Å². The molecule has 114 valence electrons. The van der Waals surface area contributed by atoms with Crippen LogP contribution in [0.5, 0.6) is 0 Å². The summed E-state index contributed by atoms with van der Waals surface area (Å²) in [5.41, 5.74) is 1.69. The minimum atomic E-state index is 0.406. The van der Waals surface area contributed by atoms with Gasteiger partial charge in [-0.3, -0.25) is 0 Å². The van der Waals surface area contributed by atoms with E-state index in [0.29, 0.717) is 11.3 Å². The number of halogens is 1. The molecule has 1 aromatic carbocycles. The molecule has 0 fully saturated rings. The van der Waals surface area contributed by atoms with E-state index in [4.69, 9.17) is 11.6 Å². The van der Waals surface area contributed by atoms with Gasteiger partial charge in [-0.2, -0.15) is 0 Å². The Kier molecular flexibility index (Phi) is 7.61. The second kappa shape index (κ2) is 8.69. The summed E-state index contributed by atoms with van der Waals surface area (Å²) in [6, 6.07) is 8.25. The molecule has 0 aliphatic carbocycles. The lowest BCUT2D eigenvalue weighted by molar-refractivity contribution is 0.314. The van der Waals surface area contributed by atoms with Crippen LogP contribution in [0.15, 0.2) is 24.3 Å². The second-order valence-electron chi connectivity index (χ2n) is 6.97. The Bertz CT molecular complexity index is 381. The lowest BCUT2D eigenvalue weighted by Crippen LogP contribution is -2.26. The van der Waals surface area contributed by atoms with Gasteiger partial charge in [0.15, 0.2) is 0 Å². The van der Waals surface area contributed by atoms with Crippen molar-refractivity contribution < 1.29 is 0 Å². The molecule has 1 rings (SSSR count). The first kappa shape index (κ1) is 17.5. The topological polar surface area (TPSA) is 12.0 Å². The van der Waals surface area contributed by atoms with Crippen molar-refractivity contribution in [3.8, 4) is 0 Å². The highest BCUT2D eigenvalue weighted by atomic mass is 35.5. The molecule has 0 saturated heterocycles. The lowest BCUT2D eigenvalue weighted by Gasteiger charge is -2.24. The third kappa shape index (κ3) is 7.31. The predicted molar refractivity (Wildman–Crippen MR) is 90.5 cm³/mol. The molecule has 1 atom stereocenters. The molecule has 0 aliphatic rings. The van der Waals surface area contributed by atoms with Crippen LogP contribution in [0, 0.1) is 11.3 Å². The lowest BCUT2D eigenvalue weighted by atomic mass is 9.84. The maximum absolute atomic E-state index is 6.30. The molecule has 20 heavy (non-hydrogen) atoms. The predicted octanol–water partition coefficient (Wildman–Crippen LogP) is 5.32. The Morgan fingerprint density at radius 3 is 2.50 bits per heavy atom. The minimum absolute atomic E-state index is 0.406. The first-order valence-corrected chi connectivity index (χ1v) is 8.24. The van der Waals surface area contributed by atoms with Crippen LogP contribution in [0.4, 0.5) is 0 Å². The van der Waals surface area contributed by atoms with Gasteiger partial charge in [-0.25, -0.2) is 0 Å². The maximum atomic E-state index is 6.30. The van der Waals surface area contributed by atoms with E-state index >= 15 is 0 Å². The molecule has 0 amide bonds. The van der Waals surface area contributed by atoms with Gasteiger partial charge in [-0.1, -0.05) is 57.5 Å². The highest BCUT2D eigenvalue weighted by Gasteiger charge is 2.16. The standard InChI is InChI=1S/C18H30ClN/c1-5-12-20-14-15(10-11-18(2,3)4)13-16-8-6-7-9-17(16)19/h6-9,15,20H,5,10-14H2,1-4H3. The Balaban J connectivity index is 2.59. The number of hydrogen-bond donors (Lipinski definition) is 1. The fourth-order valence-corrected chi connectivity index (χ4v) is 2.58. The van der Waals surface area contributed by atoms with Crippen LogP contribution in [0.3, 0.4) is 0 Å². The van der Waals surface area contributed by atoms with Crippen LogP contribution in [0.1, 0.15) is 52.5 Å². The fourth-order valence-electron chi connectivity index (χ4n) is 2.37. The van der Waals surface area contributed by atoms with Gasteiger partial charge >= 0.3 is 0 Å². The van der Waals surface area contributed by atoms with Crippen LogP contribution < -0.4 is 5.32 Å². The number of benzene rings is 1. The molecule has 1 nitrogen and oxygen atoms in total. The second-order valence-corrected chi connectivity index (χ2v) is 7.37. The van der Waals surface area contributed by atoms with Gasteiger partial charge in [-0.05, 0) is 61.7 Å². The van der Waals surface area contributed by atoms with Gasteiger partial charge in [0.25, 0.3) is 0 Å². The Morgan fingerprint density at radius 1 is 1.20 bits per heavy atom. The first-order valence-electron chi connectivity index (χ1n) is 7.86. The number of hydrogen-bond acceptors (Lipinski definition) is 1. The molecule has 0 bridgehead atoms. The van der Waals surface area contributed by atoms with Crippen molar-refractivity contribution in [2.24, 2.45) is 11.3 Å². The molecule has 0 aromatic heterocycles. The van der Waals surface area contributed by atoms with Crippen molar-refractivity contribution in [1.29, 1.82) is 0 Å². The molecule has 0 heterocycles. The highest BCUT2D eigenvalue weighted by Crippen LogP contribution is 2.26. The van der Waals surface area contributed by atoms with Gasteiger partial charge in [-0.15, -0.1) is 0 Å². The summed E-state index contributed by atoms with van der Waals surface area (Å²) in [7, 11) is 0. The van der Waals surface area contributed by atoms with E-state index in [0.717, 1.165) is 24.5 Å². The number of rotatable bonds is 8. The van der Waals surface area contributed by atoms with E-state index in [1.807, 2.05) is 12.1 Å². The van der Waals surface area contributed by atoms with Crippen molar-refractivity contribution in [3.05, 3.63) is 34.9 Å². The van der Waals surface area contributed by atoms with E-state index in [1.165, 1.54) is 24.8 Å². The van der Waals surface area contributed by atoms with Crippen LogP contribution >= 0.6 is 11.6 Å². The largest absolute Gasteiger partial charge is 0.316 e. The third-order valence-electron chi connectivity index (χ3n) is 3.63. The van der Waals surface area contributed by atoms with Gasteiger partial charge in [0.05, 0.1) is 0 Å². The molecule has 0 radical (unpaired) electrons. The molecule has 2 heteroatoms. The fraction of sp³-hybridized carbons (Fsp3) is 0.667. The summed E-state index contributed by atoms with van der Waals surface area (Å²) in [6.45, 7) is 11.4. The molecule has 1 aromatic rings. The van der Waals surface area contributed by atoms with E-state index in [-0.39, 0.29) is 0 Å². The average molecular weight is 296 g/mol. The van der Waals surface area contributed by atoms with Crippen LogP contribution in [-0.2, 0) is 6.42 Å². The average Bonchev–Trinajstić information content (AvgIpc) is 2.37. The molecular weight excluding hydrogens is 266 g/mol. The van der Waals surface area contributed by atoms with Crippen molar-refractivity contribution in [1.82, 2.24) is 5.32 Å². The van der Waals surface area contributed by atoms with Crippen LogP contribution in [0.2, 0.25) is 5.02 Å². The maximum Gasteiger partial charge on any atom is 0.0438 e. The summed E-state index contributed by atoms with van der Waals surface area (Å²) in [4.78, 5) is 0. The van der Waals surface area contributed by atoms with Crippen molar-refractivity contribution in [3.63, 3.8) is 0 Å². The normalized spacial score (nSPS) is 13.4. The molecule has 1 unspecified atom stereocenters. The van der Waals surface area contributed by atoms with E-state index < -0.39 is 0 Å². The third-order valence-corrected chi connectivity index (χ3v) is 4.00. The zero-order chi connectivity index (χ0) is 15.0. The minimum Gasteiger partial charge on any atom is -0.316 e. The molecule has 0 aliphatic heterocycles. The van der Waals surface area contributed by atoms with Crippen molar-refractivity contribution in [2.45, 2.75) is 53.4 Å². The quantitative estimate of drug-likeness (QED) is 0.640.